The Kier molecular flexibility index (Phi) is 11.1. The second-order valence-corrected chi connectivity index (χ2v) is 9.89. The molecule has 4 fully saturated rings. The fourth-order valence-corrected chi connectivity index (χ4v) is 5.34. The first kappa shape index (κ1) is 27.4. The summed E-state index contributed by atoms with van der Waals surface area (Å²) in [5.74, 6) is -0.315. The van der Waals surface area contributed by atoms with Gasteiger partial charge in [0.2, 0.25) is 11.8 Å². The third-order valence-electron chi connectivity index (χ3n) is 7.34. The molecule has 13 heteroatoms. The van der Waals surface area contributed by atoms with E-state index in [0.717, 1.165) is 64.8 Å². The molecule has 192 valence electrons. The van der Waals surface area contributed by atoms with E-state index in [4.69, 9.17) is 0 Å². The first-order chi connectivity index (χ1) is 16.4. The summed E-state index contributed by atoms with van der Waals surface area (Å²) in [6.45, 7) is 7.33. The van der Waals surface area contributed by atoms with Gasteiger partial charge in [0.25, 0.3) is 0 Å². The molecule has 0 saturated carbocycles. The van der Waals surface area contributed by atoms with Crippen LogP contribution in [0.4, 0.5) is 0 Å². The van der Waals surface area contributed by atoms with Crippen molar-refractivity contribution >= 4 is 25.8 Å². The molecule has 4 rings (SSSR count). The average molecular weight is 480 g/mol. The Morgan fingerprint density at radius 1 is 0.824 bits per heavy atom. The summed E-state index contributed by atoms with van der Waals surface area (Å²) in [6.07, 6.45) is 5.58. The van der Waals surface area contributed by atoms with Gasteiger partial charge in [0.1, 0.15) is 0 Å². The van der Waals surface area contributed by atoms with Gasteiger partial charge in [-0.2, -0.15) is 0 Å². The Labute approximate surface area is 203 Å². The van der Waals surface area contributed by atoms with E-state index < -0.39 is 20.0 Å². The largest absolute Gasteiger partial charge is 0.475 e. The molecule has 4 aliphatic rings. The quantitative estimate of drug-likeness (QED) is 0.181. The van der Waals surface area contributed by atoms with E-state index in [2.05, 4.69) is 21.3 Å². The SMILES string of the molecule is CB(O)[C@@H]1CCCN1C(=O)CN[C@@H]1CCNC1.O=C(CNC1CCNC1)N1CCC[C@H]1B(O)O. The van der Waals surface area contributed by atoms with Crippen molar-refractivity contribution in [3.05, 3.63) is 0 Å². The number of hydrogen-bond acceptors (Lipinski definition) is 9. The van der Waals surface area contributed by atoms with Gasteiger partial charge in [0.05, 0.1) is 19.0 Å². The van der Waals surface area contributed by atoms with Crippen LogP contribution in [0, 0.1) is 0 Å². The molecule has 34 heavy (non-hydrogen) atoms. The highest BCUT2D eigenvalue weighted by Crippen LogP contribution is 2.19. The van der Waals surface area contributed by atoms with Gasteiger partial charge in [0, 0.05) is 44.2 Å². The molecule has 0 radical (unpaired) electrons. The van der Waals surface area contributed by atoms with E-state index in [1.807, 2.05) is 4.90 Å². The molecule has 0 spiro atoms. The van der Waals surface area contributed by atoms with E-state index in [-0.39, 0.29) is 24.3 Å². The van der Waals surface area contributed by atoms with Crippen LogP contribution in [0.25, 0.3) is 0 Å². The molecular formula is C21H42B2N6O5. The summed E-state index contributed by atoms with van der Waals surface area (Å²) in [5, 5.41) is 41.0. The third kappa shape index (κ3) is 7.91. The number of nitrogens with one attached hydrogen (secondary N) is 4. The Hall–Kier alpha value is -1.21. The summed E-state index contributed by atoms with van der Waals surface area (Å²) in [7, 11) is -1.42. The summed E-state index contributed by atoms with van der Waals surface area (Å²) < 4.78 is 0. The van der Waals surface area contributed by atoms with Crippen molar-refractivity contribution in [3.63, 3.8) is 0 Å². The van der Waals surface area contributed by atoms with Crippen LogP contribution in [0.3, 0.4) is 0 Å². The van der Waals surface area contributed by atoms with Crippen LogP contribution < -0.4 is 21.3 Å². The van der Waals surface area contributed by atoms with E-state index >= 15 is 0 Å². The van der Waals surface area contributed by atoms with Crippen LogP contribution >= 0.6 is 0 Å². The first-order valence-corrected chi connectivity index (χ1v) is 12.9. The highest BCUT2D eigenvalue weighted by Gasteiger charge is 2.37. The van der Waals surface area contributed by atoms with Gasteiger partial charge < -0.3 is 46.1 Å². The average Bonchev–Trinajstić information content (AvgIpc) is 3.63. The molecule has 11 nitrogen and oxygen atoms in total. The summed E-state index contributed by atoms with van der Waals surface area (Å²) in [5.41, 5.74) is 0. The van der Waals surface area contributed by atoms with E-state index in [0.29, 0.717) is 31.6 Å². The zero-order valence-corrected chi connectivity index (χ0v) is 20.4. The smallest absolute Gasteiger partial charge is 0.449 e. The lowest BCUT2D eigenvalue weighted by Crippen LogP contribution is -2.49. The Morgan fingerprint density at radius 2 is 1.29 bits per heavy atom. The minimum Gasteiger partial charge on any atom is -0.449 e. The van der Waals surface area contributed by atoms with Gasteiger partial charge in [-0.3, -0.25) is 9.59 Å². The number of carbonyl (C=O) groups is 2. The van der Waals surface area contributed by atoms with Crippen molar-refractivity contribution in [2.45, 2.75) is 69.3 Å². The lowest BCUT2D eigenvalue weighted by Gasteiger charge is -2.26. The van der Waals surface area contributed by atoms with Crippen molar-refractivity contribution < 1.29 is 24.7 Å². The van der Waals surface area contributed by atoms with Gasteiger partial charge in [-0.25, -0.2) is 0 Å². The van der Waals surface area contributed by atoms with Crippen LogP contribution in [0.1, 0.15) is 38.5 Å². The molecule has 0 aromatic heterocycles. The van der Waals surface area contributed by atoms with Gasteiger partial charge in [-0.1, -0.05) is 6.82 Å². The molecule has 0 aromatic rings. The minimum atomic E-state index is -1.42. The van der Waals surface area contributed by atoms with Crippen LogP contribution in [0.5, 0.6) is 0 Å². The molecule has 0 aromatic carbocycles. The second kappa shape index (κ2) is 13.8. The minimum absolute atomic E-state index is 0.0194. The lowest BCUT2D eigenvalue weighted by molar-refractivity contribution is -0.131. The molecular weight excluding hydrogens is 438 g/mol. The zero-order chi connectivity index (χ0) is 24.5. The van der Waals surface area contributed by atoms with Crippen LogP contribution in [0.2, 0.25) is 6.82 Å². The van der Waals surface area contributed by atoms with Crippen molar-refractivity contribution in [1.82, 2.24) is 31.1 Å². The molecule has 4 atom stereocenters. The maximum absolute atomic E-state index is 12.0. The monoisotopic (exact) mass is 480 g/mol. The predicted molar refractivity (Wildman–Crippen MR) is 132 cm³/mol. The number of hydrogen-bond donors (Lipinski definition) is 7. The van der Waals surface area contributed by atoms with Crippen molar-refractivity contribution in [1.29, 1.82) is 0 Å². The van der Waals surface area contributed by atoms with E-state index in [1.54, 1.807) is 11.7 Å². The molecule has 4 heterocycles. The maximum atomic E-state index is 12.0. The Morgan fingerprint density at radius 3 is 1.71 bits per heavy atom. The van der Waals surface area contributed by atoms with Gasteiger partial charge in [-0.05, 0) is 51.6 Å². The molecule has 1 unspecified atom stereocenters. The first-order valence-electron chi connectivity index (χ1n) is 12.9. The van der Waals surface area contributed by atoms with E-state index in [1.165, 1.54) is 0 Å². The maximum Gasteiger partial charge on any atom is 0.475 e. The summed E-state index contributed by atoms with van der Waals surface area (Å²) >= 11 is 0. The van der Waals surface area contributed by atoms with Crippen molar-refractivity contribution in [2.24, 2.45) is 0 Å². The summed E-state index contributed by atoms with van der Waals surface area (Å²) in [6, 6.07) is 0.783. The number of carbonyl (C=O) groups excluding carboxylic acids is 2. The third-order valence-corrected chi connectivity index (χ3v) is 7.34. The number of nitrogens with zero attached hydrogens (tertiary/aromatic N) is 2. The van der Waals surface area contributed by atoms with Crippen molar-refractivity contribution in [2.75, 3.05) is 52.4 Å². The Balaban J connectivity index is 0.000000191. The van der Waals surface area contributed by atoms with Gasteiger partial charge >= 0.3 is 14.0 Å². The molecule has 4 saturated heterocycles. The van der Waals surface area contributed by atoms with Gasteiger partial charge in [-0.15, -0.1) is 0 Å². The predicted octanol–water partition coefficient (Wildman–Crippen LogP) is -2.98. The van der Waals surface area contributed by atoms with Crippen molar-refractivity contribution in [3.8, 4) is 0 Å². The van der Waals surface area contributed by atoms with Crippen LogP contribution in [0.15, 0.2) is 0 Å². The number of likely N-dealkylation sites (tertiary alicyclic amines) is 2. The summed E-state index contributed by atoms with van der Waals surface area (Å²) in [4.78, 5) is 27.4. The molecule has 7 N–H and O–H groups in total. The molecule has 2 amide bonds. The van der Waals surface area contributed by atoms with E-state index in [9.17, 15) is 24.7 Å². The number of amides is 2. The normalized spacial score (nSPS) is 28.7. The second-order valence-electron chi connectivity index (χ2n) is 9.89. The zero-order valence-electron chi connectivity index (χ0n) is 20.4. The van der Waals surface area contributed by atoms with Crippen LogP contribution in [-0.2, 0) is 9.59 Å². The highest BCUT2D eigenvalue weighted by atomic mass is 16.4. The van der Waals surface area contributed by atoms with Crippen LogP contribution in [-0.4, -0.2) is 127 Å². The fraction of sp³-hybridized carbons (Fsp3) is 0.905. The molecule has 0 aliphatic carbocycles. The molecule has 4 aliphatic heterocycles. The standard InChI is InChI=1S/C11H22BN3O2.C10H20BN3O3/c1-12(17)10-3-2-6-15(10)11(16)8-14-9-4-5-13-7-9;15-10(7-13-8-3-4-12-6-8)14-5-1-2-9(14)11(16)17/h9-10,13-14,17H,2-8H2,1H3;8-9,12-13,16-17H,1-7H2/t9-,10+;8?,9-/m10/s1. The Bertz CT molecular complexity index is 595. The van der Waals surface area contributed by atoms with Gasteiger partial charge in [0.15, 0.2) is 0 Å². The molecule has 0 bridgehead atoms. The fourth-order valence-electron chi connectivity index (χ4n) is 5.34. The lowest BCUT2D eigenvalue weighted by atomic mass is 9.62. The topological polar surface area (TPSA) is 149 Å². The highest BCUT2D eigenvalue weighted by molar-refractivity contribution is 6.51. The number of rotatable bonds is 8.